The summed E-state index contributed by atoms with van der Waals surface area (Å²) in [4.78, 5) is 12.5. The Morgan fingerprint density at radius 2 is 2.07 bits per heavy atom. The summed E-state index contributed by atoms with van der Waals surface area (Å²) in [7, 11) is 1.57. The van der Waals surface area contributed by atoms with Gasteiger partial charge in [-0.05, 0) is 49.8 Å². The lowest BCUT2D eigenvalue weighted by molar-refractivity contribution is 0.104. The SMILES string of the molecule is CCn1cc(C(=O)/C=C/c2ccc(OC)c(COc3ccc(F)c(Cl)c3)c2)c(C)n1. The van der Waals surface area contributed by atoms with Gasteiger partial charge in [0.2, 0.25) is 0 Å². The van der Waals surface area contributed by atoms with Crippen molar-refractivity contribution in [2.45, 2.75) is 27.0 Å². The van der Waals surface area contributed by atoms with Gasteiger partial charge >= 0.3 is 0 Å². The molecule has 0 aliphatic carbocycles. The highest BCUT2D eigenvalue weighted by atomic mass is 35.5. The molecule has 0 atom stereocenters. The number of carbonyl (C=O) groups is 1. The molecule has 0 amide bonds. The molecule has 0 radical (unpaired) electrons. The van der Waals surface area contributed by atoms with E-state index in [2.05, 4.69) is 5.10 Å². The van der Waals surface area contributed by atoms with Gasteiger partial charge < -0.3 is 9.47 Å². The standard InChI is InChI=1S/C23H22ClFN2O3/c1-4-27-13-19(15(2)26-27)22(28)9-5-16-6-10-23(29-3)17(11-16)14-30-18-7-8-21(25)20(24)12-18/h5-13H,4,14H2,1-3H3/b9-5+. The quantitative estimate of drug-likeness (QED) is 0.352. The molecular weight excluding hydrogens is 407 g/mol. The van der Waals surface area contributed by atoms with Gasteiger partial charge in [0, 0.05) is 24.4 Å². The molecule has 2 aromatic carbocycles. The average Bonchev–Trinajstić information content (AvgIpc) is 3.13. The van der Waals surface area contributed by atoms with Gasteiger partial charge in [0.15, 0.2) is 5.78 Å². The van der Waals surface area contributed by atoms with E-state index in [1.807, 2.05) is 26.0 Å². The number of hydrogen-bond donors (Lipinski definition) is 0. The fraction of sp³-hybridized carbons (Fsp3) is 0.217. The lowest BCUT2D eigenvalue weighted by atomic mass is 10.1. The zero-order valence-corrected chi connectivity index (χ0v) is 17.7. The van der Waals surface area contributed by atoms with Gasteiger partial charge in [-0.25, -0.2) is 4.39 Å². The van der Waals surface area contributed by atoms with Crippen LogP contribution in [0.5, 0.6) is 11.5 Å². The molecule has 3 aromatic rings. The number of allylic oxidation sites excluding steroid dienone is 1. The maximum Gasteiger partial charge on any atom is 0.189 e. The smallest absolute Gasteiger partial charge is 0.189 e. The third-order valence-electron chi connectivity index (χ3n) is 4.55. The predicted octanol–water partition coefficient (Wildman–Crippen LogP) is 5.49. The van der Waals surface area contributed by atoms with Crippen molar-refractivity contribution in [2.75, 3.05) is 7.11 Å². The maximum atomic E-state index is 13.3. The summed E-state index contributed by atoms with van der Waals surface area (Å²) >= 11 is 5.80. The summed E-state index contributed by atoms with van der Waals surface area (Å²) in [6.07, 6.45) is 5.02. The Labute approximate surface area is 179 Å². The molecule has 0 saturated carbocycles. The highest BCUT2D eigenvalue weighted by molar-refractivity contribution is 6.30. The van der Waals surface area contributed by atoms with Crippen LogP contribution in [0.1, 0.15) is 34.1 Å². The van der Waals surface area contributed by atoms with Gasteiger partial charge in [0.05, 0.1) is 23.4 Å². The second-order valence-corrected chi connectivity index (χ2v) is 7.02. The van der Waals surface area contributed by atoms with Gasteiger partial charge in [-0.15, -0.1) is 0 Å². The van der Waals surface area contributed by atoms with Crippen molar-refractivity contribution in [3.8, 4) is 11.5 Å². The Morgan fingerprint density at radius 3 is 2.73 bits per heavy atom. The normalized spacial score (nSPS) is 11.1. The fourth-order valence-corrected chi connectivity index (χ4v) is 3.10. The van der Waals surface area contributed by atoms with Crippen molar-refractivity contribution in [3.05, 3.63) is 81.9 Å². The van der Waals surface area contributed by atoms with Crippen molar-refractivity contribution in [1.82, 2.24) is 9.78 Å². The first-order chi connectivity index (χ1) is 14.4. The number of hydrogen-bond acceptors (Lipinski definition) is 4. The molecule has 0 saturated heterocycles. The second-order valence-electron chi connectivity index (χ2n) is 6.62. The van der Waals surface area contributed by atoms with Crippen molar-refractivity contribution < 1.29 is 18.7 Å². The number of methoxy groups -OCH3 is 1. The van der Waals surface area contributed by atoms with Crippen molar-refractivity contribution in [3.63, 3.8) is 0 Å². The molecule has 156 valence electrons. The van der Waals surface area contributed by atoms with E-state index in [4.69, 9.17) is 21.1 Å². The number of nitrogens with zero attached hydrogens (tertiary/aromatic N) is 2. The van der Waals surface area contributed by atoms with E-state index in [9.17, 15) is 9.18 Å². The summed E-state index contributed by atoms with van der Waals surface area (Å²) in [5, 5.41) is 4.30. The van der Waals surface area contributed by atoms with Crippen LogP contribution >= 0.6 is 11.6 Å². The monoisotopic (exact) mass is 428 g/mol. The molecule has 0 spiro atoms. The van der Waals surface area contributed by atoms with Gasteiger partial charge in [0.1, 0.15) is 23.9 Å². The topological polar surface area (TPSA) is 53.4 Å². The Bertz CT molecular complexity index is 1090. The molecule has 1 aromatic heterocycles. The largest absolute Gasteiger partial charge is 0.496 e. The van der Waals surface area contributed by atoms with E-state index in [-0.39, 0.29) is 17.4 Å². The third kappa shape index (κ3) is 5.07. The number of carbonyl (C=O) groups excluding carboxylic acids is 1. The van der Waals surface area contributed by atoms with Crippen LogP contribution in [0, 0.1) is 12.7 Å². The summed E-state index contributed by atoms with van der Waals surface area (Å²) in [6.45, 7) is 4.69. The first-order valence-electron chi connectivity index (χ1n) is 9.42. The number of aromatic nitrogens is 2. The van der Waals surface area contributed by atoms with Crippen LogP contribution in [-0.4, -0.2) is 22.7 Å². The highest BCUT2D eigenvalue weighted by Crippen LogP contribution is 2.25. The van der Waals surface area contributed by atoms with Gasteiger partial charge in [0.25, 0.3) is 0 Å². The molecule has 0 aliphatic rings. The van der Waals surface area contributed by atoms with Crippen molar-refractivity contribution in [1.29, 1.82) is 0 Å². The van der Waals surface area contributed by atoms with Gasteiger partial charge in [-0.2, -0.15) is 5.10 Å². The molecule has 5 nitrogen and oxygen atoms in total. The minimum Gasteiger partial charge on any atom is -0.496 e. The number of aryl methyl sites for hydroxylation is 2. The number of ketones is 1. The summed E-state index contributed by atoms with van der Waals surface area (Å²) < 4.78 is 26.1. The predicted molar refractivity (Wildman–Crippen MR) is 115 cm³/mol. The molecule has 3 rings (SSSR count). The molecular formula is C23H22ClFN2O3. The Morgan fingerprint density at radius 1 is 1.27 bits per heavy atom. The average molecular weight is 429 g/mol. The van der Waals surface area contributed by atoms with Crippen LogP contribution < -0.4 is 9.47 Å². The molecule has 7 heteroatoms. The lowest BCUT2D eigenvalue weighted by Crippen LogP contribution is -2.00. The van der Waals surface area contributed by atoms with E-state index < -0.39 is 5.82 Å². The maximum absolute atomic E-state index is 13.3. The van der Waals surface area contributed by atoms with E-state index in [0.29, 0.717) is 29.3 Å². The third-order valence-corrected chi connectivity index (χ3v) is 4.84. The second kappa shape index (κ2) is 9.59. The minimum atomic E-state index is -0.502. The molecule has 30 heavy (non-hydrogen) atoms. The summed E-state index contributed by atoms with van der Waals surface area (Å²) in [5.41, 5.74) is 2.88. The van der Waals surface area contributed by atoms with Crippen molar-refractivity contribution in [2.24, 2.45) is 0 Å². The van der Waals surface area contributed by atoms with E-state index in [1.165, 1.54) is 24.3 Å². The van der Waals surface area contributed by atoms with Crippen LogP contribution in [0.3, 0.4) is 0 Å². The van der Waals surface area contributed by atoms with Gasteiger partial charge in [-0.1, -0.05) is 23.7 Å². The number of ether oxygens (including phenoxy) is 2. The van der Waals surface area contributed by atoms with Gasteiger partial charge in [-0.3, -0.25) is 9.48 Å². The minimum absolute atomic E-state index is 0.00338. The van der Waals surface area contributed by atoms with Crippen molar-refractivity contribution >= 4 is 23.5 Å². The molecule has 1 heterocycles. The zero-order valence-electron chi connectivity index (χ0n) is 17.0. The lowest BCUT2D eigenvalue weighted by Gasteiger charge is -2.11. The van der Waals surface area contributed by atoms with Crippen LogP contribution in [0.25, 0.3) is 6.08 Å². The fourth-order valence-electron chi connectivity index (χ4n) is 2.93. The van der Waals surface area contributed by atoms with E-state index >= 15 is 0 Å². The number of halogens is 2. The van der Waals surface area contributed by atoms with E-state index in [1.54, 1.807) is 30.1 Å². The summed E-state index contributed by atoms with van der Waals surface area (Å²) in [6, 6.07) is 9.71. The first kappa shape index (κ1) is 21.6. The number of rotatable bonds is 8. The zero-order chi connectivity index (χ0) is 21.7. The first-order valence-corrected chi connectivity index (χ1v) is 9.80. The Balaban J connectivity index is 1.76. The van der Waals surface area contributed by atoms with Crippen LogP contribution in [0.4, 0.5) is 4.39 Å². The van der Waals surface area contributed by atoms with Crippen LogP contribution in [0.2, 0.25) is 5.02 Å². The highest BCUT2D eigenvalue weighted by Gasteiger charge is 2.11. The molecule has 0 fully saturated rings. The number of benzene rings is 2. The summed E-state index contributed by atoms with van der Waals surface area (Å²) in [5.74, 6) is 0.481. The Hall–Kier alpha value is -3.12. The van der Waals surface area contributed by atoms with Crippen LogP contribution in [-0.2, 0) is 13.2 Å². The molecule has 0 bridgehead atoms. The van der Waals surface area contributed by atoms with Crippen LogP contribution in [0.15, 0.2) is 48.7 Å². The molecule has 0 unspecified atom stereocenters. The molecule has 0 aliphatic heterocycles. The van der Waals surface area contributed by atoms with E-state index in [0.717, 1.165) is 11.1 Å². The Kier molecular flexibility index (Phi) is 6.90. The molecule has 0 N–H and O–H groups in total.